The number of benzene rings is 2. The van der Waals surface area contributed by atoms with Crippen molar-refractivity contribution in [2.24, 2.45) is 0 Å². The van der Waals surface area contributed by atoms with Crippen LogP contribution in [0.25, 0.3) is 11.4 Å². The number of aromatic nitrogens is 3. The van der Waals surface area contributed by atoms with Gasteiger partial charge in [-0.3, -0.25) is 10.1 Å². The minimum Gasteiger partial charge on any atom is -0.378 e. The number of nitro benzene ring substituents is 1. The van der Waals surface area contributed by atoms with E-state index in [0.29, 0.717) is 5.82 Å². The van der Waals surface area contributed by atoms with E-state index in [4.69, 9.17) is 0 Å². The third-order valence-corrected chi connectivity index (χ3v) is 5.24. The summed E-state index contributed by atoms with van der Waals surface area (Å²) in [6.45, 7) is 0. The molecule has 0 bridgehead atoms. The molecule has 1 N–H and O–H groups in total. The molecule has 2 heterocycles. The summed E-state index contributed by atoms with van der Waals surface area (Å²) in [6, 6.07) is 14.6. The highest BCUT2D eigenvalue weighted by Crippen LogP contribution is 2.40. The van der Waals surface area contributed by atoms with Crippen molar-refractivity contribution in [2.45, 2.75) is 10.5 Å². The Balaban J connectivity index is 1.58. The molecule has 1 aromatic heterocycles. The molecular formula is C17H16N6O2S. The van der Waals surface area contributed by atoms with Crippen molar-refractivity contribution in [3.8, 4) is 11.4 Å². The quantitative estimate of drug-likeness (QED) is 0.558. The van der Waals surface area contributed by atoms with Crippen molar-refractivity contribution in [2.75, 3.05) is 24.4 Å². The average Bonchev–Trinajstić information content (AvgIpc) is 3.22. The summed E-state index contributed by atoms with van der Waals surface area (Å²) in [5.41, 5.74) is 6.49. The monoisotopic (exact) mass is 368 g/mol. The van der Waals surface area contributed by atoms with E-state index >= 15 is 0 Å². The molecule has 1 unspecified atom stereocenters. The predicted molar refractivity (Wildman–Crippen MR) is 101 cm³/mol. The summed E-state index contributed by atoms with van der Waals surface area (Å²) in [7, 11) is 4.02. The maximum Gasteiger partial charge on any atom is 0.269 e. The minimum absolute atomic E-state index is 0.0357. The molecule has 0 fully saturated rings. The van der Waals surface area contributed by atoms with Crippen LogP contribution in [-0.2, 0) is 0 Å². The highest BCUT2D eigenvalue weighted by atomic mass is 32.2. The summed E-state index contributed by atoms with van der Waals surface area (Å²) in [4.78, 5) is 12.4. The van der Waals surface area contributed by atoms with E-state index in [1.807, 2.05) is 18.8 Å². The zero-order valence-electron chi connectivity index (χ0n) is 14.2. The number of hydrogen-bond acceptors (Lipinski definition) is 7. The Kier molecular flexibility index (Phi) is 4.00. The SMILES string of the molecule is CN(C)c1ccc(C2Nn3c(nnc3-c3ccc([N+](=O)[O-])cc3)S2)cc1. The standard InChI is InChI=1S/C17H16N6O2S/c1-21(2)13-7-5-12(6-8-13)16-20-22-15(18-19-17(22)26-16)11-3-9-14(10-4-11)23(24)25/h3-10,16,20H,1-2H3. The van der Waals surface area contributed by atoms with Crippen molar-refractivity contribution >= 4 is 23.1 Å². The van der Waals surface area contributed by atoms with Gasteiger partial charge >= 0.3 is 0 Å². The molecule has 1 aliphatic rings. The molecular weight excluding hydrogens is 352 g/mol. The number of thioether (sulfide) groups is 1. The number of fused-ring (bicyclic) bond motifs is 1. The molecule has 26 heavy (non-hydrogen) atoms. The van der Waals surface area contributed by atoms with Gasteiger partial charge in [0.2, 0.25) is 5.16 Å². The van der Waals surface area contributed by atoms with Crippen molar-refractivity contribution in [3.63, 3.8) is 0 Å². The van der Waals surface area contributed by atoms with Crippen LogP contribution >= 0.6 is 11.8 Å². The number of hydrogen-bond donors (Lipinski definition) is 1. The van der Waals surface area contributed by atoms with Crippen LogP contribution in [0.3, 0.4) is 0 Å². The summed E-state index contributed by atoms with van der Waals surface area (Å²) >= 11 is 1.58. The molecule has 4 rings (SSSR count). The Bertz CT molecular complexity index is 952. The van der Waals surface area contributed by atoms with Crippen LogP contribution in [0.1, 0.15) is 10.9 Å². The first-order valence-corrected chi connectivity index (χ1v) is 8.81. The lowest BCUT2D eigenvalue weighted by Gasteiger charge is -2.15. The van der Waals surface area contributed by atoms with E-state index in [1.165, 1.54) is 12.1 Å². The molecule has 0 amide bonds. The van der Waals surface area contributed by atoms with Crippen LogP contribution < -0.4 is 10.3 Å². The zero-order valence-corrected chi connectivity index (χ0v) is 15.0. The first-order valence-electron chi connectivity index (χ1n) is 7.93. The molecule has 0 saturated heterocycles. The Labute approximate surface area is 154 Å². The van der Waals surface area contributed by atoms with E-state index in [0.717, 1.165) is 22.0 Å². The zero-order chi connectivity index (χ0) is 18.3. The van der Waals surface area contributed by atoms with Gasteiger partial charge in [-0.15, -0.1) is 10.2 Å². The van der Waals surface area contributed by atoms with E-state index < -0.39 is 4.92 Å². The molecule has 0 radical (unpaired) electrons. The van der Waals surface area contributed by atoms with Gasteiger partial charge in [0.15, 0.2) is 5.82 Å². The number of nitrogens with one attached hydrogen (secondary N) is 1. The third-order valence-electron chi connectivity index (χ3n) is 4.15. The number of nitro groups is 1. The van der Waals surface area contributed by atoms with Crippen molar-refractivity contribution in [3.05, 3.63) is 64.2 Å². The van der Waals surface area contributed by atoms with E-state index in [1.54, 1.807) is 23.9 Å². The average molecular weight is 368 g/mol. The number of nitrogens with zero attached hydrogens (tertiary/aromatic N) is 5. The van der Waals surface area contributed by atoms with Crippen LogP contribution in [-0.4, -0.2) is 33.9 Å². The maximum atomic E-state index is 10.8. The molecule has 1 aliphatic heterocycles. The van der Waals surface area contributed by atoms with Gasteiger partial charge < -0.3 is 10.3 Å². The molecule has 132 valence electrons. The van der Waals surface area contributed by atoms with Gasteiger partial charge in [-0.2, -0.15) is 0 Å². The van der Waals surface area contributed by atoms with Gasteiger partial charge in [-0.1, -0.05) is 23.9 Å². The lowest BCUT2D eigenvalue weighted by molar-refractivity contribution is -0.384. The van der Waals surface area contributed by atoms with Gasteiger partial charge in [0.25, 0.3) is 5.69 Å². The molecule has 1 atom stereocenters. The topological polar surface area (TPSA) is 89.1 Å². The molecule has 0 saturated carbocycles. The molecule has 2 aromatic carbocycles. The summed E-state index contributed by atoms with van der Waals surface area (Å²) in [6.07, 6.45) is 0. The molecule has 8 nitrogen and oxygen atoms in total. The van der Waals surface area contributed by atoms with Crippen molar-refractivity contribution in [1.82, 2.24) is 14.9 Å². The van der Waals surface area contributed by atoms with Gasteiger partial charge in [0, 0.05) is 37.5 Å². The summed E-state index contributed by atoms with van der Waals surface area (Å²) in [5, 5.41) is 20.0. The Morgan fingerprint density at radius 1 is 1.12 bits per heavy atom. The second-order valence-electron chi connectivity index (χ2n) is 6.06. The first-order chi connectivity index (χ1) is 12.5. The number of rotatable bonds is 4. The fourth-order valence-electron chi connectivity index (χ4n) is 2.72. The smallest absolute Gasteiger partial charge is 0.269 e. The van der Waals surface area contributed by atoms with Crippen LogP contribution in [0.2, 0.25) is 0 Å². The van der Waals surface area contributed by atoms with Gasteiger partial charge in [0.1, 0.15) is 5.37 Å². The van der Waals surface area contributed by atoms with Crippen LogP contribution in [0.4, 0.5) is 11.4 Å². The van der Waals surface area contributed by atoms with E-state index in [2.05, 4.69) is 44.8 Å². The summed E-state index contributed by atoms with van der Waals surface area (Å²) < 4.78 is 1.83. The summed E-state index contributed by atoms with van der Waals surface area (Å²) in [5.74, 6) is 0.634. The molecule has 0 aliphatic carbocycles. The fraction of sp³-hybridized carbons (Fsp3) is 0.176. The fourth-order valence-corrected chi connectivity index (χ4v) is 3.72. The molecule has 9 heteroatoms. The maximum absolute atomic E-state index is 10.8. The Hall–Kier alpha value is -3.07. The molecule has 3 aromatic rings. The van der Waals surface area contributed by atoms with Crippen LogP contribution in [0.15, 0.2) is 53.7 Å². The number of anilines is 1. The normalized spacial score (nSPS) is 15.4. The second-order valence-corrected chi connectivity index (χ2v) is 7.13. The van der Waals surface area contributed by atoms with Crippen LogP contribution in [0, 0.1) is 10.1 Å². The molecule has 0 spiro atoms. The number of non-ortho nitro benzene ring substituents is 1. The predicted octanol–water partition coefficient (Wildman–Crippen LogP) is 3.27. The lowest BCUT2D eigenvalue weighted by Crippen LogP contribution is -2.14. The highest BCUT2D eigenvalue weighted by Gasteiger charge is 2.28. The van der Waals surface area contributed by atoms with Crippen LogP contribution in [0.5, 0.6) is 0 Å². The van der Waals surface area contributed by atoms with Crippen molar-refractivity contribution in [1.29, 1.82) is 0 Å². The van der Waals surface area contributed by atoms with E-state index in [9.17, 15) is 10.1 Å². The Morgan fingerprint density at radius 2 is 1.81 bits per heavy atom. The first kappa shape index (κ1) is 16.4. The largest absolute Gasteiger partial charge is 0.378 e. The highest BCUT2D eigenvalue weighted by molar-refractivity contribution is 7.99. The Morgan fingerprint density at radius 3 is 2.42 bits per heavy atom. The minimum atomic E-state index is -0.417. The second kappa shape index (κ2) is 6.34. The van der Waals surface area contributed by atoms with Gasteiger partial charge in [0.05, 0.1) is 4.92 Å². The third kappa shape index (κ3) is 2.86. The van der Waals surface area contributed by atoms with Gasteiger partial charge in [-0.25, -0.2) is 4.68 Å². The van der Waals surface area contributed by atoms with E-state index in [-0.39, 0.29) is 11.1 Å². The van der Waals surface area contributed by atoms with Gasteiger partial charge in [-0.05, 0) is 29.8 Å². The lowest BCUT2D eigenvalue weighted by atomic mass is 10.2. The van der Waals surface area contributed by atoms with Crippen molar-refractivity contribution < 1.29 is 4.92 Å².